The van der Waals surface area contributed by atoms with Gasteiger partial charge in [-0.25, -0.2) is 4.21 Å². The molecule has 7 nitrogen and oxygen atoms in total. The quantitative estimate of drug-likeness (QED) is 0.478. The zero-order valence-electron chi connectivity index (χ0n) is 14.2. The molecule has 9 heteroatoms. The second-order valence-corrected chi connectivity index (χ2v) is 9.41. The van der Waals surface area contributed by atoms with Crippen LogP contribution in [0.5, 0.6) is 0 Å². The van der Waals surface area contributed by atoms with Crippen LogP contribution in [0.3, 0.4) is 0 Å². The standard InChI is InChI=1S/C14H21BN2O5S/c1-13(2)14(3,4)22-15(21-13)10-7-8-11(16-23(5,6)20)12(9-10)17(18)19/h7-9H,1-6H3. The topological polar surface area (TPSA) is 91.0 Å². The van der Waals surface area contributed by atoms with Gasteiger partial charge in [-0.05, 0) is 39.2 Å². The van der Waals surface area contributed by atoms with Crippen LogP contribution in [-0.4, -0.2) is 40.0 Å². The molecule has 1 aromatic carbocycles. The Balaban J connectivity index is 2.46. The van der Waals surface area contributed by atoms with Crippen LogP contribution >= 0.6 is 0 Å². The Kier molecular flexibility index (Phi) is 4.34. The largest absolute Gasteiger partial charge is 0.495 e. The summed E-state index contributed by atoms with van der Waals surface area (Å²) in [5, 5.41) is 11.3. The van der Waals surface area contributed by atoms with Crippen molar-refractivity contribution in [1.29, 1.82) is 0 Å². The van der Waals surface area contributed by atoms with Crippen LogP contribution < -0.4 is 5.46 Å². The third-order valence-corrected chi connectivity index (χ3v) is 4.68. The van der Waals surface area contributed by atoms with E-state index >= 15 is 0 Å². The molecule has 0 unspecified atom stereocenters. The molecule has 1 aliphatic rings. The number of benzene rings is 1. The second-order valence-electron chi connectivity index (χ2n) is 6.87. The first kappa shape index (κ1) is 17.9. The third-order valence-electron chi connectivity index (χ3n) is 4.04. The molecule has 1 aromatic rings. The lowest BCUT2D eigenvalue weighted by molar-refractivity contribution is -0.384. The summed E-state index contributed by atoms with van der Waals surface area (Å²) in [5.74, 6) is 0. The SMILES string of the molecule is CC1(C)OB(c2ccc(N=S(C)(C)=O)c([N+](=O)[O-])c2)OC1(C)C. The predicted molar refractivity (Wildman–Crippen MR) is 90.9 cm³/mol. The Hall–Kier alpha value is -1.45. The molecule has 0 aliphatic carbocycles. The molecule has 0 atom stereocenters. The van der Waals surface area contributed by atoms with Crippen LogP contribution in [0.4, 0.5) is 11.4 Å². The molecule has 0 spiro atoms. The summed E-state index contributed by atoms with van der Waals surface area (Å²) in [7, 11) is -3.19. The van der Waals surface area contributed by atoms with E-state index in [-0.39, 0.29) is 11.4 Å². The number of hydrogen-bond acceptors (Lipinski definition) is 6. The van der Waals surface area contributed by atoms with Gasteiger partial charge in [-0.2, -0.15) is 4.36 Å². The van der Waals surface area contributed by atoms with E-state index in [4.69, 9.17) is 9.31 Å². The van der Waals surface area contributed by atoms with Crippen LogP contribution in [-0.2, 0) is 19.0 Å². The Bertz CT molecular complexity index is 744. The summed E-state index contributed by atoms with van der Waals surface area (Å²) < 4.78 is 27.5. The first-order valence-electron chi connectivity index (χ1n) is 7.13. The minimum absolute atomic E-state index is 0.0882. The van der Waals surface area contributed by atoms with Crippen LogP contribution in [0.2, 0.25) is 0 Å². The average molecular weight is 340 g/mol. The van der Waals surface area contributed by atoms with Crippen molar-refractivity contribution in [3.63, 3.8) is 0 Å². The van der Waals surface area contributed by atoms with Gasteiger partial charge in [-0.1, -0.05) is 6.07 Å². The van der Waals surface area contributed by atoms with Crippen molar-refractivity contribution in [3.8, 4) is 0 Å². The van der Waals surface area contributed by atoms with Crippen molar-refractivity contribution in [1.82, 2.24) is 0 Å². The minimum Gasteiger partial charge on any atom is -0.399 e. The van der Waals surface area contributed by atoms with Crippen LogP contribution in [0.15, 0.2) is 22.6 Å². The highest BCUT2D eigenvalue weighted by Crippen LogP contribution is 2.37. The fourth-order valence-corrected chi connectivity index (χ4v) is 2.75. The maximum absolute atomic E-state index is 11.8. The molecule has 1 heterocycles. The molecule has 0 saturated carbocycles. The summed E-state index contributed by atoms with van der Waals surface area (Å²) >= 11 is 0. The van der Waals surface area contributed by atoms with Crippen molar-refractivity contribution in [3.05, 3.63) is 28.3 Å². The molecule has 1 fully saturated rings. The summed E-state index contributed by atoms with van der Waals surface area (Å²) in [5.41, 5.74) is -0.653. The highest BCUT2D eigenvalue weighted by molar-refractivity contribution is 7.92. The molecule has 0 amide bonds. The Morgan fingerprint density at radius 3 is 2.13 bits per heavy atom. The van der Waals surface area contributed by atoms with Crippen molar-refractivity contribution in [2.45, 2.75) is 38.9 Å². The molecular weight excluding hydrogens is 319 g/mol. The summed E-state index contributed by atoms with van der Waals surface area (Å²) in [6, 6.07) is 4.50. The van der Waals surface area contributed by atoms with Crippen molar-refractivity contribution >= 4 is 33.7 Å². The minimum atomic E-state index is -2.49. The predicted octanol–water partition coefficient (Wildman–Crippen LogP) is 2.25. The summed E-state index contributed by atoms with van der Waals surface area (Å²) in [4.78, 5) is 10.8. The van der Waals surface area contributed by atoms with Crippen LogP contribution in [0, 0.1) is 10.1 Å². The van der Waals surface area contributed by atoms with E-state index < -0.39 is 33.0 Å². The van der Waals surface area contributed by atoms with E-state index in [1.165, 1.54) is 24.6 Å². The summed E-state index contributed by atoms with van der Waals surface area (Å²) in [6.45, 7) is 7.64. The zero-order chi connectivity index (χ0) is 17.6. The van der Waals surface area contributed by atoms with E-state index in [1.807, 2.05) is 27.7 Å². The van der Waals surface area contributed by atoms with E-state index in [0.717, 1.165) is 0 Å². The Morgan fingerprint density at radius 1 is 1.17 bits per heavy atom. The molecule has 23 heavy (non-hydrogen) atoms. The average Bonchev–Trinajstić information content (AvgIpc) is 2.56. The first-order chi connectivity index (χ1) is 10.3. The molecule has 0 N–H and O–H groups in total. The van der Waals surface area contributed by atoms with Crippen LogP contribution in [0.1, 0.15) is 27.7 Å². The smallest absolute Gasteiger partial charge is 0.399 e. The highest BCUT2D eigenvalue weighted by atomic mass is 32.2. The molecule has 126 valence electrons. The van der Waals surface area contributed by atoms with Gasteiger partial charge in [0.2, 0.25) is 0 Å². The maximum atomic E-state index is 11.8. The number of nitrogens with zero attached hydrogens (tertiary/aromatic N) is 2. The van der Waals surface area contributed by atoms with Crippen molar-refractivity contribution in [2.24, 2.45) is 4.36 Å². The normalized spacial score (nSPS) is 19.7. The van der Waals surface area contributed by atoms with Gasteiger partial charge in [-0.3, -0.25) is 10.1 Å². The number of nitro groups is 1. The Morgan fingerprint density at radius 2 is 1.70 bits per heavy atom. The van der Waals surface area contributed by atoms with Gasteiger partial charge in [0.05, 0.1) is 16.1 Å². The van der Waals surface area contributed by atoms with Gasteiger partial charge < -0.3 is 9.31 Å². The van der Waals surface area contributed by atoms with Crippen LogP contribution in [0.25, 0.3) is 0 Å². The lowest BCUT2D eigenvalue weighted by atomic mass is 9.79. The van der Waals surface area contributed by atoms with E-state index in [1.54, 1.807) is 6.07 Å². The number of rotatable bonds is 3. The van der Waals surface area contributed by atoms with Gasteiger partial charge in [0, 0.05) is 28.3 Å². The van der Waals surface area contributed by atoms with Gasteiger partial charge in [0.15, 0.2) is 5.69 Å². The fourth-order valence-electron chi connectivity index (χ4n) is 2.13. The van der Waals surface area contributed by atoms with Gasteiger partial charge in [0.1, 0.15) is 0 Å². The fraction of sp³-hybridized carbons (Fsp3) is 0.571. The molecule has 0 aromatic heterocycles. The second kappa shape index (κ2) is 5.57. The maximum Gasteiger partial charge on any atom is 0.495 e. The Labute approximate surface area is 136 Å². The molecule has 0 bridgehead atoms. The van der Waals surface area contributed by atoms with Crippen molar-refractivity contribution in [2.75, 3.05) is 12.5 Å². The van der Waals surface area contributed by atoms with E-state index in [0.29, 0.717) is 5.46 Å². The monoisotopic (exact) mass is 340 g/mol. The number of hydrogen-bond donors (Lipinski definition) is 0. The molecule has 0 radical (unpaired) electrons. The lowest BCUT2D eigenvalue weighted by Crippen LogP contribution is -2.41. The molecule has 1 saturated heterocycles. The van der Waals surface area contributed by atoms with E-state index in [2.05, 4.69) is 4.36 Å². The third kappa shape index (κ3) is 3.73. The molecular formula is C14H21BN2O5S. The van der Waals surface area contributed by atoms with Gasteiger partial charge >= 0.3 is 7.12 Å². The van der Waals surface area contributed by atoms with Gasteiger partial charge in [0.25, 0.3) is 5.69 Å². The molecule has 1 aliphatic heterocycles. The van der Waals surface area contributed by atoms with Gasteiger partial charge in [-0.15, -0.1) is 0 Å². The molecule has 2 rings (SSSR count). The van der Waals surface area contributed by atoms with Crippen molar-refractivity contribution < 1.29 is 18.4 Å². The zero-order valence-corrected chi connectivity index (χ0v) is 15.0. The summed E-state index contributed by atoms with van der Waals surface area (Å²) in [6.07, 6.45) is 2.86. The number of nitro benzene ring substituents is 1. The first-order valence-corrected chi connectivity index (χ1v) is 9.47. The highest BCUT2D eigenvalue weighted by Gasteiger charge is 2.52. The van der Waals surface area contributed by atoms with E-state index in [9.17, 15) is 14.3 Å². The lowest BCUT2D eigenvalue weighted by Gasteiger charge is -2.32.